The molecule has 2 aromatic rings. The van der Waals surface area contributed by atoms with Gasteiger partial charge in [0.15, 0.2) is 0 Å². The fraction of sp³-hybridized carbons (Fsp3) is 0.500. The molecule has 2 rings (SSSR count). The summed E-state index contributed by atoms with van der Waals surface area (Å²) in [4.78, 5) is 18.0. The van der Waals surface area contributed by atoms with Gasteiger partial charge in [0.05, 0.1) is 58.8 Å². The van der Waals surface area contributed by atoms with Gasteiger partial charge in [-0.3, -0.25) is 19.9 Å². The van der Waals surface area contributed by atoms with Crippen molar-refractivity contribution in [3.63, 3.8) is 0 Å². The van der Waals surface area contributed by atoms with E-state index in [0.717, 1.165) is 45.6 Å². The van der Waals surface area contributed by atoms with E-state index < -0.39 is 0 Å². The number of nitrogens with zero attached hydrogens (tertiary/aromatic N) is 4. The number of ether oxygens (including phenoxy) is 1. The van der Waals surface area contributed by atoms with Crippen LogP contribution < -0.4 is 0 Å². The maximum atomic E-state index is 5.75. The van der Waals surface area contributed by atoms with Gasteiger partial charge in [-0.2, -0.15) is 0 Å². The maximum absolute atomic E-state index is 5.75. The summed E-state index contributed by atoms with van der Waals surface area (Å²) in [5.41, 5.74) is 7.42. The molecule has 0 saturated carbocycles. The van der Waals surface area contributed by atoms with Crippen molar-refractivity contribution in [2.24, 2.45) is 0 Å². The molecule has 0 spiro atoms. The number of hydrogen-bond acceptors (Lipinski definition) is 5. The van der Waals surface area contributed by atoms with E-state index in [1.54, 1.807) is 0 Å². The van der Waals surface area contributed by atoms with Gasteiger partial charge >= 0.3 is 0 Å². The summed E-state index contributed by atoms with van der Waals surface area (Å²) in [5, 5.41) is 0. The molecule has 0 atom stereocenters. The predicted molar refractivity (Wildman–Crippen MR) is 81.0 cm³/mol. The molecule has 0 aliphatic rings. The normalized spacial score (nSPS) is 11.0. The van der Waals surface area contributed by atoms with Crippen LogP contribution in [0.4, 0.5) is 0 Å². The lowest BCUT2D eigenvalue weighted by molar-refractivity contribution is 0.100. The molecule has 0 saturated heterocycles. The van der Waals surface area contributed by atoms with Crippen LogP contribution in [0.2, 0.25) is 0 Å². The van der Waals surface area contributed by atoms with E-state index in [1.165, 1.54) is 0 Å². The molecule has 0 amide bonds. The molecule has 0 fully saturated rings. The zero-order valence-corrected chi connectivity index (χ0v) is 13.6. The smallest absolute Gasteiger partial charge is 0.0911 e. The third kappa shape index (κ3) is 3.61. The van der Waals surface area contributed by atoms with Crippen LogP contribution in [0.1, 0.15) is 45.6 Å². The molecule has 0 unspecified atom stereocenters. The van der Waals surface area contributed by atoms with Crippen molar-refractivity contribution in [3.05, 3.63) is 45.6 Å². The summed E-state index contributed by atoms with van der Waals surface area (Å²) in [6.07, 6.45) is 0. The van der Waals surface area contributed by atoms with Crippen LogP contribution in [0.15, 0.2) is 0 Å². The summed E-state index contributed by atoms with van der Waals surface area (Å²) in [6, 6.07) is 0. The van der Waals surface area contributed by atoms with Crippen LogP contribution in [0.5, 0.6) is 0 Å². The minimum atomic E-state index is 0.438. The summed E-state index contributed by atoms with van der Waals surface area (Å²) < 4.78 is 5.75. The van der Waals surface area contributed by atoms with E-state index >= 15 is 0 Å². The Labute approximate surface area is 125 Å². The largest absolute Gasteiger partial charge is 0.369 e. The quantitative estimate of drug-likeness (QED) is 0.865. The summed E-state index contributed by atoms with van der Waals surface area (Å²) in [5.74, 6) is 0. The highest BCUT2D eigenvalue weighted by Crippen LogP contribution is 2.11. The van der Waals surface area contributed by atoms with E-state index in [0.29, 0.717) is 13.2 Å². The average molecular weight is 286 g/mol. The highest BCUT2D eigenvalue weighted by Gasteiger charge is 2.08. The van der Waals surface area contributed by atoms with Gasteiger partial charge in [0.25, 0.3) is 0 Å². The monoisotopic (exact) mass is 286 g/mol. The Kier molecular flexibility index (Phi) is 4.63. The second-order valence-electron chi connectivity index (χ2n) is 5.35. The topological polar surface area (TPSA) is 60.8 Å². The predicted octanol–water partition coefficient (Wildman–Crippen LogP) is 2.83. The second-order valence-corrected chi connectivity index (χ2v) is 5.35. The van der Waals surface area contributed by atoms with E-state index in [4.69, 9.17) is 4.74 Å². The third-order valence-electron chi connectivity index (χ3n) is 3.64. The Morgan fingerprint density at radius 1 is 0.524 bits per heavy atom. The van der Waals surface area contributed by atoms with Crippen LogP contribution in [0, 0.1) is 41.5 Å². The summed E-state index contributed by atoms with van der Waals surface area (Å²) in [7, 11) is 0. The van der Waals surface area contributed by atoms with Crippen molar-refractivity contribution in [2.75, 3.05) is 0 Å². The number of hydrogen-bond donors (Lipinski definition) is 0. The van der Waals surface area contributed by atoms with Gasteiger partial charge in [0.2, 0.25) is 0 Å². The van der Waals surface area contributed by atoms with Gasteiger partial charge in [-0.1, -0.05) is 0 Å². The van der Waals surface area contributed by atoms with Crippen LogP contribution in [-0.4, -0.2) is 19.9 Å². The lowest BCUT2D eigenvalue weighted by Gasteiger charge is -2.10. The zero-order chi connectivity index (χ0) is 15.6. The van der Waals surface area contributed by atoms with Crippen molar-refractivity contribution >= 4 is 0 Å². The SMILES string of the molecule is Cc1nc(C)c(COCc2nc(C)c(C)nc2C)nc1C. The average Bonchev–Trinajstić information content (AvgIpc) is 2.41. The first kappa shape index (κ1) is 15.5. The molecule has 0 radical (unpaired) electrons. The first-order valence-corrected chi connectivity index (χ1v) is 7.07. The van der Waals surface area contributed by atoms with Crippen molar-refractivity contribution in [1.82, 2.24) is 19.9 Å². The van der Waals surface area contributed by atoms with E-state index in [2.05, 4.69) is 19.9 Å². The molecule has 112 valence electrons. The fourth-order valence-corrected chi connectivity index (χ4v) is 2.04. The molecule has 0 aromatic carbocycles. The van der Waals surface area contributed by atoms with Gasteiger partial charge in [0, 0.05) is 0 Å². The lowest BCUT2D eigenvalue weighted by atomic mass is 10.2. The molecule has 0 aliphatic heterocycles. The van der Waals surface area contributed by atoms with Crippen LogP contribution in [0.3, 0.4) is 0 Å². The zero-order valence-electron chi connectivity index (χ0n) is 13.6. The molecule has 2 aromatic heterocycles. The Balaban J connectivity index is 2.05. The molecule has 21 heavy (non-hydrogen) atoms. The Morgan fingerprint density at radius 3 is 1.24 bits per heavy atom. The minimum Gasteiger partial charge on any atom is -0.369 e. The third-order valence-corrected chi connectivity index (χ3v) is 3.64. The van der Waals surface area contributed by atoms with Crippen molar-refractivity contribution < 1.29 is 4.74 Å². The molecule has 0 bridgehead atoms. The van der Waals surface area contributed by atoms with Crippen molar-refractivity contribution in [3.8, 4) is 0 Å². The second kappa shape index (κ2) is 6.26. The van der Waals surface area contributed by atoms with Gasteiger partial charge in [-0.15, -0.1) is 0 Å². The van der Waals surface area contributed by atoms with Gasteiger partial charge in [-0.25, -0.2) is 0 Å². The van der Waals surface area contributed by atoms with E-state index in [9.17, 15) is 0 Å². The Morgan fingerprint density at radius 2 is 0.857 bits per heavy atom. The first-order chi connectivity index (χ1) is 9.88. The summed E-state index contributed by atoms with van der Waals surface area (Å²) in [6.45, 7) is 12.6. The van der Waals surface area contributed by atoms with Gasteiger partial charge in [-0.05, 0) is 41.5 Å². The van der Waals surface area contributed by atoms with E-state index in [-0.39, 0.29) is 0 Å². The highest BCUT2D eigenvalue weighted by molar-refractivity contribution is 5.18. The van der Waals surface area contributed by atoms with Gasteiger partial charge < -0.3 is 4.74 Å². The van der Waals surface area contributed by atoms with Gasteiger partial charge in [0.1, 0.15) is 0 Å². The van der Waals surface area contributed by atoms with Crippen LogP contribution in [0.25, 0.3) is 0 Å². The number of rotatable bonds is 4. The molecule has 5 heteroatoms. The molecule has 5 nitrogen and oxygen atoms in total. The number of aromatic nitrogens is 4. The number of aryl methyl sites for hydroxylation is 6. The molecular weight excluding hydrogens is 264 g/mol. The highest BCUT2D eigenvalue weighted by atomic mass is 16.5. The van der Waals surface area contributed by atoms with E-state index in [1.807, 2.05) is 41.5 Å². The lowest BCUT2D eigenvalue weighted by Crippen LogP contribution is -2.07. The summed E-state index contributed by atoms with van der Waals surface area (Å²) >= 11 is 0. The fourth-order valence-electron chi connectivity index (χ4n) is 2.04. The molecule has 2 heterocycles. The Bertz CT molecular complexity index is 610. The van der Waals surface area contributed by atoms with Crippen molar-refractivity contribution in [2.45, 2.75) is 54.8 Å². The standard InChI is InChI=1S/C16H22N4O/c1-9-11(3)19-15(13(5)17-9)7-21-8-16-14(6)18-10(2)12(4)20-16/h7-8H2,1-6H3. The van der Waals surface area contributed by atoms with Crippen LogP contribution in [-0.2, 0) is 18.0 Å². The first-order valence-electron chi connectivity index (χ1n) is 7.07. The molecular formula is C16H22N4O. The minimum absolute atomic E-state index is 0.438. The van der Waals surface area contributed by atoms with Crippen molar-refractivity contribution in [1.29, 1.82) is 0 Å². The molecule has 0 aliphatic carbocycles. The van der Waals surface area contributed by atoms with Crippen LogP contribution >= 0.6 is 0 Å². The Hall–Kier alpha value is -1.88. The molecule has 0 N–H and O–H groups in total. The maximum Gasteiger partial charge on any atom is 0.0911 e.